The molecule has 0 spiro atoms. The molecule has 0 unspecified atom stereocenters. The van der Waals surface area contributed by atoms with Gasteiger partial charge in [0.2, 0.25) is 5.91 Å². The number of aromatic nitrogens is 2. The van der Waals surface area contributed by atoms with Crippen molar-refractivity contribution in [2.75, 3.05) is 5.32 Å². The van der Waals surface area contributed by atoms with Crippen LogP contribution in [-0.2, 0) is 11.8 Å². The van der Waals surface area contributed by atoms with Gasteiger partial charge in [0.05, 0.1) is 11.4 Å². The summed E-state index contributed by atoms with van der Waals surface area (Å²) in [6.07, 6.45) is 1.39. The number of benzene rings is 2. The van der Waals surface area contributed by atoms with Crippen LogP contribution in [0.15, 0.2) is 65.5 Å². The van der Waals surface area contributed by atoms with Crippen molar-refractivity contribution in [2.45, 2.75) is 13.8 Å². The Labute approximate surface area is 156 Å². The van der Waals surface area contributed by atoms with Crippen molar-refractivity contribution in [3.05, 3.63) is 88.1 Å². The monoisotopic (exact) mass is 365 g/mol. The number of anilines is 1. The van der Waals surface area contributed by atoms with Crippen LogP contribution in [0, 0.1) is 12.7 Å². The molecule has 3 rings (SSSR count). The number of amides is 1. The maximum Gasteiger partial charge on any atom is 0.295 e. The molecule has 0 aliphatic rings. The van der Waals surface area contributed by atoms with Crippen LogP contribution in [0.5, 0.6) is 0 Å². The summed E-state index contributed by atoms with van der Waals surface area (Å²) in [7, 11) is 1.76. The number of rotatable bonds is 4. The first-order chi connectivity index (χ1) is 12.9. The summed E-state index contributed by atoms with van der Waals surface area (Å²) in [5.41, 5.74) is 2.69. The predicted molar refractivity (Wildman–Crippen MR) is 104 cm³/mol. The van der Waals surface area contributed by atoms with Gasteiger partial charge in [-0.25, -0.2) is 9.07 Å². The van der Waals surface area contributed by atoms with E-state index in [1.54, 1.807) is 37.7 Å². The standard InChI is InChI=1S/C21H20FN3O2/c1-14(16-9-11-17(22)12-10-16)13-19(26)23-20-15(2)24(3)25(21(20)27)18-7-5-4-6-8-18/h4-13H,1-3H3,(H,23,26)/b14-13+. The fourth-order valence-corrected chi connectivity index (χ4v) is 2.86. The SMILES string of the molecule is C/C(=C\C(=O)Nc1c(C)n(C)n(-c2ccccc2)c1=O)c1ccc(F)cc1. The van der Waals surface area contributed by atoms with Gasteiger partial charge in [0.15, 0.2) is 0 Å². The van der Waals surface area contributed by atoms with Crippen molar-refractivity contribution in [1.29, 1.82) is 0 Å². The normalized spacial score (nSPS) is 11.5. The summed E-state index contributed by atoms with van der Waals surface area (Å²) in [6.45, 7) is 3.53. The predicted octanol–water partition coefficient (Wildman–Crippen LogP) is 3.67. The highest BCUT2D eigenvalue weighted by atomic mass is 19.1. The molecule has 27 heavy (non-hydrogen) atoms. The Kier molecular flexibility index (Phi) is 5.07. The van der Waals surface area contributed by atoms with Crippen LogP contribution in [0.2, 0.25) is 0 Å². The van der Waals surface area contributed by atoms with Crippen molar-refractivity contribution in [3.63, 3.8) is 0 Å². The lowest BCUT2D eigenvalue weighted by Crippen LogP contribution is -2.22. The maximum absolute atomic E-state index is 13.0. The Morgan fingerprint density at radius 3 is 2.33 bits per heavy atom. The van der Waals surface area contributed by atoms with E-state index in [1.165, 1.54) is 22.9 Å². The Morgan fingerprint density at radius 1 is 1.07 bits per heavy atom. The molecule has 0 atom stereocenters. The first-order valence-corrected chi connectivity index (χ1v) is 8.47. The molecule has 1 aromatic heterocycles. The second-order valence-corrected chi connectivity index (χ2v) is 6.26. The van der Waals surface area contributed by atoms with Crippen molar-refractivity contribution in [3.8, 4) is 5.69 Å². The Balaban J connectivity index is 1.90. The molecule has 0 aliphatic heterocycles. The van der Waals surface area contributed by atoms with Crippen LogP contribution in [0.4, 0.5) is 10.1 Å². The van der Waals surface area contributed by atoms with Gasteiger partial charge in [-0.1, -0.05) is 30.3 Å². The summed E-state index contributed by atoms with van der Waals surface area (Å²) in [4.78, 5) is 25.2. The van der Waals surface area contributed by atoms with Gasteiger partial charge < -0.3 is 5.32 Å². The van der Waals surface area contributed by atoms with Gasteiger partial charge in [-0.3, -0.25) is 14.3 Å². The molecule has 0 saturated heterocycles. The van der Waals surface area contributed by atoms with E-state index in [-0.39, 0.29) is 17.1 Å². The summed E-state index contributed by atoms with van der Waals surface area (Å²) >= 11 is 0. The van der Waals surface area contributed by atoms with Crippen LogP contribution < -0.4 is 10.9 Å². The van der Waals surface area contributed by atoms with Gasteiger partial charge in [-0.15, -0.1) is 0 Å². The minimum Gasteiger partial charge on any atom is -0.316 e. The van der Waals surface area contributed by atoms with E-state index < -0.39 is 5.91 Å². The van der Waals surface area contributed by atoms with E-state index in [0.29, 0.717) is 17.0 Å². The van der Waals surface area contributed by atoms with E-state index >= 15 is 0 Å². The summed E-state index contributed by atoms with van der Waals surface area (Å²) < 4.78 is 16.2. The van der Waals surface area contributed by atoms with Gasteiger partial charge in [-0.2, -0.15) is 0 Å². The molecule has 3 aromatic rings. The van der Waals surface area contributed by atoms with Gasteiger partial charge in [-0.05, 0) is 49.2 Å². The number of hydrogen-bond acceptors (Lipinski definition) is 2. The molecule has 6 heteroatoms. The van der Waals surface area contributed by atoms with Crippen molar-refractivity contribution >= 4 is 17.2 Å². The van der Waals surface area contributed by atoms with E-state index in [4.69, 9.17) is 0 Å². The number of hydrogen-bond donors (Lipinski definition) is 1. The zero-order chi connectivity index (χ0) is 19.6. The molecule has 138 valence electrons. The molecule has 0 radical (unpaired) electrons. The molecular formula is C21H20FN3O2. The topological polar surface area (TPSA) is 56.0 Å². The molecule has 0 saturated carbocycles. The Morgan fingerprint density at radius 2 is 1.70 bits per heavy atom. The quantitative estimate of drug-likeness (QED) is 0.718. The molecule has 1 N–H and O–H groups in total. The number of nitrogens with one attached hydrogen (secondary N) is 1. The number of carbonyl (C=O) groups is 1. The number of allylic oxidation sites excluding steroid dienone is 1. The minimum absolute atomic E-state index is 0.231. The first kappa shape index (κ1) is 18.4. The van der Waals surface area contributed by atoms with Crippen molar-refractivity contribution in [2.24, 2.45) is 7.05 Å². The van der Waals surface area contributed by atoms with Crippen LogP contribution in [-0.4, -0.2) is 15.3 Å². The molecule has 5 nitrogen and oxygen atoms in total. The average molecular weight is 365 g/mol. The molecule has 0 aliphatic carbocycles. The third-order valence-electron chi connectivity index (χ3n) is 4.45. The minimum atomic E-state index is -0.414. The second-order valence-electron chi connectivity index (χ2n) is 6.26. The molecule has 1 heterocycles. The third-order valence-corrected chi connectivity index (χ3v) is 4.45. The van der Waals surface area contributed by atoms with E-state index in [2.05, 4.69) is 5.32 Å². The van der Waals surface area contributed by atoms with Crippen molar-refractivity contribution < 1.29 is 9.18 Å². The molecule has 0 fully saturated rings. The highest BCUT2D eigenvalue weighted by Crippen LogP contribution is 2.16. The summed E-state index contributed by atoms with van der Waals surface area (Å²) in [6, 6.07) is 15.1. The smallest absolute Gasteiger partial charge is 0.295 e. The number of carbonyl (C=O) groups excluding carboxylic acids is 1. The lowest BCUT2D eigenvalue weighted by atomic mass is 10.1. The van der Waals surface area contributed by atoms with Gasteiger partial charge >= 0.3 is 0 Å². The first-order valence-electron chi connectivity index (χ1n) is 8.47. The average Bonchev–Trinajstić information content (AvgIpc) is 2.86. The van der Waals surface area contributed by atoms with Crippen LogP contribution in [0.3, 0.4) is 0 Å². The number of halogens is 1. The zero-order valence-electron chi connectivity index (χ0n) is 15.4. The maximum atomic E-state index is 13.0. The summed E-state index contributed by atoms with van der Waals surface area (Å²) in [5, 5.41) is 2.68. The molecule has 0 bridgehead atoms. The zero-order valence-corrected chi connectivity index (χ0v) is 15.4. The van der Waals surface area contributed by atoms with Gasteiger partial charge in [0, 0.05) is 13.1 Å². The molecule has 1 amide bonds. The summed E-state index contributed by atoms with van der Waals surface area (Å²) in [5.74, 6) is -0.750. The van der Waals surface area contributed by atoms with E-state index in [1.807, 2.05) is 30.3 Å². The number of nitrogens with zero attached hydrogens (tertiary/aromatic N) is 2. The third kappa shape index (κ3) is 3.74. The lowest BCUT2D eigenvalue weighted by Gasteiger charge is -2.07. The lowest BCUT2D eigenvalue weighted by molar-refractivity contribution is -0.111. The highest BCUT2D eigenvalue weighted by Gasteiger charge is 2.17. The Bertz CT molecular complexity index is 1060. The van der Waals surface area contributed by atoms with Crippen LogP contribution in [0.1, 0.15) is 18.2 Å². The Hall–Kier alpha value is -3.41. The van der Waals surface area contributed by atoms with Crippen LogP contribution >= 0.6 is 0 Å². The molecule has 2 aromatic carbocycles. The fourth-order valence-electron chi connectivity index (χ4n) is 2.86. The van der Waals surface area contributed by atoms with Gasteiger partial charge in [0.1, 0.15) is 11.5 Å². The highest BCUT2D eigenvalue weighted by molar-refractivity contribution is 6.04. The van der Waals surface area contributed by atoms with Crippen molar-refractivity contribution in [1.82, 2.24) is 9.36 Å². The largest absolute Gasteiger partial charge is 0.316 e. The van der Waals surface area contributed by atoms with E-state index in [9.17, 15) is 14.0 Å². The fraction of sp³-hybridized carbons (Fsp3) is 0.143. The van der Waals surface area contributed by atoms with E-state index in [0.717, 1.165) is 5.56 Å². The number of para-hydroxylation sites is 1. The second kappa shape index (κ2) is 7.45. The molecular weight excluding hydrogens is 345 g/mol. The van der Waals surface area contributed by atoms with Gasteiger partial charge in [0.25, 0.3) is 5.56 Å². The van der Waals surface area contributed by atoms with Crippen LogP contribution in [0.25, 0.3) is 11.3 Å².